The molecule has 0 aliphatic heterocycles. The zero-order valence-electron chi connectivity index (χ0n) is 10.8. The highest BCUT2D eigenvalue weighted by Gasteiger charge is 2.06. The molecular formula is C14H17ClO4. The van der Waals surface area contributed by atoms with Gasteiger partial charge in [0.25, 0.3) is 0 Å². The lowest BCUT2D eigenvalue weighted by atomic mass is 10.2. The topological polar surface area (TPSA) is 55.8 Å². The summed E-state index contributed by atoms with van der Waals surface area (Å²) in [6.07, 6.45) is 3.46. The van der Waals surface area contributed by atoms with Crippen molar-refractivity contribution < 1.29 is 19.4 Å². The molecule has 0 aliphatic rings. The van der Waals surface area contributed by atoms with Crippen molar-refractivity contribution in [1.29, 1.82) is 0 Å². The Balaban J connectivity index is 2.66. The van der Waals surface area contributed by atoms with Crippen molar-refractivity contribution in [3.63, 3.8) is 0 Å². The van der Waals surface area contributed by atoms with Gasteiger partial charge in [-0.2, -0.15) is 0 Å². The molecule has 19 heavy (non-hydrogen) atoms. The van der Waals surface area contributed by atoms with Gasteiger partial charge in [0.2, 0.25) is 0 Å². The number of rotatable bonds is 8. The summed E-state index contributed by atoms with van der Waals surface area (Å²) in [5.74, 6) is -0.543. The van der Waals surface area contributed by atoms with Gasteiger partial charge in [-0.3, -0.25) is 0 Å². The Morgan fingerprint density at radius 2 is 2.16 bits per heavy atom. The third-order valence-electron chi connectivity index (χ3n) is 2.23. The van der Waals surface area contributed by atoms with Crippen molar-refractivity contribution in [1.82, 2.24) is 0 Å². The summed E-state index contributed by atoms with van der Waals surface area (Å²) < 4.78 is 10.8. The predicted octanol–water partition coefficient (Wildman–Crippen LogP) is 3.24. The van der Waals surface area contributed by atoms with E-state index in [0.717, 1.165) is 12.5 Å². The third kappa shape index (κ3) is 5.77. The number of halogens is 1. The van der Waals surface area contributed by atoms with Gasteiger partial charge >= 0.3 is 5.97 Å². The summed E-state index contributed by atoms with van der Waals surface area (Å²) >= 11 is 6.04. The van der Waals surface area contributed by atoms with E-state index in [0.29, 0.717) is 36.2 Å². The van der Waals surface area contributed by atoms with Crippen LogP contribution >= 0.6 is 11.6 Å². The smallest absolute Gasteiger partial charge is 0.328 e. The Kier molecular flexibility index (Phi) is 7.00. The Morgan fingerprint density at radius 1 is 1.37 bits per heavy atom. The average molecular weight is 285 g/mol. The standard InChI is InChI=1S/C14H17ClO4/c1-2-8-18-9-10-19-14-11(6-7-13(16)17)4-3-5-12(14)15/h3-7H,2,8-10H2,1H3,(H,16,17)/b7-6+. The van der Waals surface area contributed by atoms with Crippen molar-refractivity contribution in [3.8, 4) is 5.75 Å². The molecule has 0 saturated carbocycles. The van der Waals surface area contributed by atoms with Gasteiger partial charge < -0.3 is 14.6 Å². The molecule has 0 heterocycles. The molecule has 4 nitrogen and oxygen atoms in total. The number of hydrogen-bond donors (Lipinski definition) is 1. The van der Waals surface area contributed by atoms with Gasteiger partial charge in [-0.05, 0) is 18.6 Å². The molecule has 104 valence electrons. The van der Waals surface area contributed by atoms with Crippen LogP contribution in [0.3, 0.4) is 0 Å². The van der Waals surface area contributed by atoms with Crippen molar-refractivity contribution >= 4 is 23.6 Å². The second kappa shape index (κ2) is 8.56. The normalized spacial score (nSPS) is 10.8. The largest absolute Gasteiger partial charge is 0.489 e. The minimum Gasteiger partial charge on any atom is -0.489 e. The van der Waals surface area contributed by atoms with Crippen LogP contribution in [0.15, 0.2) is 24.3 Å². The predicted molar refractivity (Wildman–Crippen MR) is 74.7 cm³/mol. The number of carboxylic acid groups (broad SMARTS) is 1. The van der Waals surface area contributed by atoms with Crippen molar-refractivity contribution in [2.75, 3.05) is 19.8 Å². The lowest BCUT2D eigenvalue weighted by Crippen LogP contribution is -2.08. The minimum absolute atomic E-state index is 0.373. The van der Waals surface area contributed by atoms with E-state index in [1.165, 1.54) is 6.08 Å². The lowest BCUT2D eigenvalue weighted by molar-refractivity contribution is -0.131. The Hall–Kier alpha value is -1.52. The van der Waals surface area contributed by atoms with Crippen LogP contribution in [-0.2, 0) is 9.53 Å². The van der Waals surface area contributed by atoms with Crippen LogP contribution in [0.5, 0.6) is 5.75 Å². The summed E-state index contributed by atoms with van der Waals surface area (Å²) in [5.41, 5.74) is 0.630. The fourth-order valence-electron chi connectivity index (χ4n) is 1.42. The maximum Gasteiger partial charge on any atom is 0.328 e. The van der Waals surface area contributed by atoms with Crippen LogP contribution in [0.1, 0.15) is 18.9 Å². The molecule has 0 saturated heterocycles. The quantitative estimate of drug-likeness (QED) is 0.588. The molecule has 0 aliphatic carbocycles. The number of hydrogen-bond acceptors (Lipinski definition) is 3. The van der Waals surface area contributed by atoms with Gasteiger partial charge in [-0.1, -0.05) is 30.7 Å². The Labute approximate surface area is 117 Å². The van der Waals surface area contributed by atoms with E-state index in [-0.39, 0.29) is 0 Å². The Bertz CT molecular complexity index is 443. The van der Waals surface area contributed by atoms with Gasteiger partial charge in [0.05, 0.1) is 11.6 Å². The van der Waals surface area contributed by atoms with E-state index in [1.807, 2.05) is 6.92 Å². The van der Waals surface area contributed by atoms with Gasteiger partial charge in [-0.25, -0.2) is 4.79 Å². The fraction of sp³-hybridized carbons (Fsp3) is 0.357. The number of carbonyl (C=O) groups is 1. The molecule has 0 spiro atoms. The molecule has 1 aromatic rings. The molecule has 1 N–H and O–H groups in total. The third-order valence-corrected chi connectivity index (χ3v) is 2.52. The van der Waals surface area contributed by atoms with Gasteiger partial charge in [-0.15, -0.1) is 0 Å². The average Bonchev–Trinajstić information content (AvgIpc) is 2.38. The zero-order chi connectivity index (χ0) is 14.1. The highest BCUT2D eigenvalue weighted by atomic mass is 35.5. The minimum atomic E-state index is -1.02. The number of carboxylic acids is 1. The van der Waals surface area contributed by atoms with Gasteiger partial charge in [0.1, 0.15) is 12.4 Å². The molecule has 0 fully saturated rings. The maximum atomic E-state index is 10.5. The first-order chi connectivity index (χ1) is 9.15. The molecule has 0 aromatic heterocycles. The molecule has 0 amide bonds. The summed E-state index contributed by atoms with van der Waals surface area (Å²) in [6, 6.07) is 5.18. The van der Waals surface area contributed by atoms with E-state index in [1.54, 1.807) is 18.2 Å². The van der Waals surface area contributed by atoms with Crippen LogP contribution < -0.4 is 4.74 Å². The summed E-state index contributed by atoms with van der Waals surface area (Å²) in [5, 5.41) is 9.07. The second-order valence-electron chi connectivity index (χ2n) is 3.79. The van der Waals surface area contributed by atoms with Crippen LogP contribution in [0.4, 0.5) is 0 Å². The summed E-state index contributed by atoms with van der Waals surface area (Å²) in [4.78, 5) is 10.5. The lowest BCUT2D eigenvalue weighted by Gasteiger charge is -2.11. The van der Waals surface area contributed by atoms with Crippen molar-refractivity contribution in [2.24, 2.45) is 0 Å². The molecule has 0 bridgehead atoms. The van der Waals surface area contributed by atoms with E-state index in [2.05, 4.69) is 0 Å². The van der Waals surface area contributed by atoms with E-state index >= 15 is 0 Å². The maximum absolute atomic E-state index is 10.5. The molecule has 0 radical (unpaired) electrons. The van der Waals surface area contributed by atoms with Crippen molar-refractivity contribution in [2.45, 2.75) is 13.3 Å². The van der Waals surface area contributed by atoms with Crippen LogP contribution in [0, 0.1) is 0 Å². The molecule has 1 aromatic carbocycles. The van der Waals surface area contributed by atoms with Gasteiger partial charge in [0, 0.05) is 18.2 Å². The van der Waals surface area contributed by atoms with Crippen LogP contribution in [-0.4, -0.2) is 30.9 Å². The monoisotopic (exact) mass is 284 g/mol. The zero-order valence-corrected chi connectivity index (χ0v) is 11.5. The molecule has 1 rings (SSSR count). The van der Waals surface area contributed by atoms with Crippen LogP contribution in [0.2, 0.25) is 5.02 Å². The molecule has 0 atom stereocenters. The van der Waals surface area contributed by atoms with E-state index in [9.17, 15) is 4.79 Å². The number of ether oxygens (including phenoxy) is 2. The molecule has 0 unspecified atom stereocenters. The van der Waals surface area contributed by atoms with Crippen molar-refractivity contribution in [3.05, 3.63) is 34.9 Å². The van der Waals surface area contributed by atoms with E-state index < -0.39 is 5.97 Å². The number of para-hydroxylation sites is 1. The first-order valence-corrected chi connectivity index (χ1v) is 6.43. The first kappa shape index (κ1) is 15.5. The highest BCUT2D eigenvalue weighted by Crippen LogP contribution is 2.29. The second-order valence-corrected chi connectivity index (χ2v) is 4.20. The number of aliphatic carboxylic acids is 1. The summed E-state index contributed by atoms with van der Waals surface area (Å²) in [6.45, 7) is 3.57. The fourth-order valence-corrected chi connectivity index (χ4v) is 1.66. The van der Waals surface area contributed by atoms with Gasteiger partial charge in [0.15, 0.2) is 0 Å². The Morgan fingerprint density at radius 3 is 2.84 bits per heavy atom. The number of benzene rings is 1. The molecule has 5 heteroatoms. The van der Waals surface area contributed by atoms with E-state index in [4.69, 9.17) is 26.2 Å². The van der Waals surface area contributed by atoms with Crippen LogP contribution in [0.25, 0.3) is 6.08 Å². The SMILES string of the molecule is CCCOCCOc1c(Cl)cccc1/C=C/C(=O)O. The highest BCUT2D eigenvalue weighted by molar-refractivity contribution is 6.32. The first-order valence-electron chi connectivity index (χ1n) is 6.05. The molecular weight excluding hydrogens is 268 g/mol. The summed E-state index contributed by atoms with van der Waals surface area (Å²) in [7, 11) is 0.